The van der Waals surface area contributed by atoms with Gasteiger partial charge in [0.2, 0.25) is 5.95 Å². The number of hydrogen-bond acceptors (Lipinski definition) is 6. The highest BCUT2D eigenvalue weighted by molar-refractivity contribution is 6.31. The number of H-pyrrole nitrogens is 1. The van der Waals surface area contributed by atoms with Crippen LogP contribution in [0.3, 0.4) is 0 Å². The van der Waals surface area contributed by atoms with Crippen LogP contribution in [0.2, 0.25) is 5.02 Å². The predicted molar refractivity (Wildman–Crippen MR) is 89.7 cm³/mol. The van der Waals surface area contributed by atoms with Crippen molar-refractivity contribution in [3.05, 3.63) is 51.4 Å². The number of fused-ring (bicyclic) bond motifs is 1. The lowest BCUT2D eigenvalue weighted by molar-refractivity contribution is 0.473. The number of benzene rings is 1. The number of rotatable bonds is 3. The van der Waals surface area contributed by atoms with Gasteiger partial charge in [0.15, 0.2) is 11.6 Å². The van der Waals surface area contributed by atoms with Crippen molar-refractivity contribution in [1.29, 1.82) is 0 Å². The van der Waals surface area contributed by atoms with Crippen molar-refractivity contribution in [2.24, 2.45) is 0 Å². The molecule has 8 heteroatoms. The smallest absolute Gasteiger partial charge is 0.253 e. The van der Waals surface area contributed by atoms with E-state index in [0.29, 0.717) is 16.1 Å². The van der Waals surface area contributed by atoms with Crippen molar-refractivity contribution in [2.75, 3.05) is 11.1 Å². The summed E-state index contributed by atoms with van der Waals surface area (Å²) in [6.45, 7) is 1.80. The van der Waals surface area contributed by atoms with Gasteiger partial charge in [-0.2, -0.15) is 4.98 Å². The molecule has 0 radical (unpaired) electrons. The summed E-state index contributed by atoms with van der Waals surface area (Å²) in [4.78, 5) is 22.9. The first-order valence-corrected chi connectivity index (χ1v) is 7.22. The lowest BCUT2D eigenvalue weighted by atomic mass is 10.1. The molecule has 3 aromatic rings. The summed E-state index contributed by atoms with van der Waals surface area (Å²) in [5.41, 5.74) is 6.53. The van der Waals surface area contributed by atoms with E-state index < -0.39 is 0 Å². The summed E-state index contributed by atoms with van der Waals surface area (Å²) < 4.78 is 0. The van der Waals surface area contributed by atoms with Crippen LogP contribution in [0.15, 0.2) is 35.3 Å². The van der Waals surface area contributed by atoms with E-state index in [2.05, 4.69) is 20.3 Å². The van der Waals surface area contributed by atoms with E-state index in [4.69, 9.17) is 17.3 Å². The van der Waals surface area contributed by atoms with Crippen LogP contribution in [0.4, 0.5) is 11.8 Å². The molecule has 118 valence electrons. The minimum atomic E-state index is -0.369. The van der Waals surface area contributed by atoms with E-state index in [-0.39, 0.29) is 29.1 Å². The number of hydrogen-bond donors (Lipinski definition) is 4. The van der Waals surface area contributed by atoms with Crippen molar-refractivity contribution in [1.82, 2.24) is 15.0 Å². The first kappa shape index (κ1) is 15.1. The van der Waals surface area contributed by atoms with Crippen molar-refractivity contribution >= 4 is 34.3 Å². The van der Waals surface area contributed by atoms with E-state index in [1.807, 2.05) is 0 Å². The molecule has 7 nitrogen and oxygen atoms in total. The molecule has 3 rings (SSSR count). The van der Waals surface area contributed by atoms with Crippen LogP contribution < -0.4 is 16.6 Å². The zero-order chi connectivity index (χ0) is 16.6. The van der Waals surface area contributed by atoms with Crippen LogP contribution in [-0.4, -0.2) is 20.1 Å². The average Bonchev–Trinajstić information content (AvgIpc) is 2.50. The van der Waals surface area contributed by atoms with E-state index in [9.17, 15) is 9.90 Å². The maximum Gasteiger partial charge on any atom is 0.253 e. The average molecular weight is 332 g/mol. The second-order valence-electron chi connectivity index (χ2n) is 5.12. The molecule has 2 heterocycles. The van der Waals surface area contributed by atoms with Gasteiger partial charge < -0.3 is 21.1 Å². The highest BCUT2D eigenvalue weighted by Gasteiger charge is 2.13. The Bertz CT molecular complexity index is 941. The number of anilines is 2. The van der Waals surface area contributed by atoms with Crippen LogP contribution in [-0.2, 0) is 0 Å². The van der Waals surface area contributed by atoms with Crippen LogP contribution in [0.1, 0.15) is 18.5 Å². The number of aromatic hydroxyl groups is 1. The van der Waals surface area contributed by atoms with Crippen molar-refractivity contribution in [3.8, 4) is 5.75 Å². The van der Waals surface area contributed by atoms with Gasteiger partial charge in [0.1, 0.15) is 0 Å². The highest BCUT2D eigenvalue weighted by Crippen LogP contribution is 2.22. The molecule has 0 spiro atoms. The number of pyridine rings is 1. The Morgan fingerprint density at radius 2 is 2.17 bits per heavy atom. The quantitative estimate of drug-likeness (QED) is 0.585. The molecule has 5 N–H and O–H groups in total. The number of aromatic amines is 1. The Kier molecular flexibility index (Phi) is 3.79. The lowest BCUT2D eigenvalue weighted by Crippen LogP contribution is -2.20. The standard InChI is InChI=1S/C15H14ClN5O2/c1-7(19-15-18-6-12(22)13(17)21-15)10-5-8-4-9(16)2-3-11(8)20-14(10)23/h2-7,22H,1H3,(H,20,23)(H3,17,18,19,21)/t7-/m0/s1. The monoisotopic (exact) mass is 331 g/mol. The Morgan fingerprint density at radius 3 is 2.91 bits per heavy atom. The number of nitrogens with one attached hydrogen (secondary N) is 2. The molecule has 2 aromatic heterocycles. The largest absolute Gasteiger partial charge is 0.503 e. The molecular formula is C15H14ClN5O2. The predicted octanol–water partition coefficient (Wildman–Crippen LogP) is 2.43. The van der Waals surface area contributed by atoms with Crippen LogP contribution in [0, 0.1) is 0 Å². The summed E-state index contributed by atoms with van der Waals surface area (Å²) in [5.74, 6) is -0.00584. The minimum Gasteiger partial charge on any atom is -0.503 e. The van der Waals surface area contributed by atoms with Gasteiger partial charge >= 0.3 is 0 Å². The van der Waals surface area contributed by atoms with Crippen molar-refractivity contribution < 1.29 is 5.11 Å². The highest BCUT2D eigenvalue weighted by atomic mass is 35.5. The van der Waals surface area contributed by atoms with E-state index >= 15 is 0 Å². The molecule has 23 heavy (non-hydrogen) atoms. The summed E-state index contributed by atoms with van der Waals surface area (Å²) >= 11 is 5.99. The second-order valence-corrected chi connectivity index (χ2v) is 5.55. The fourth-order valence-electron chi connectivity index (χ4n) is 2.25. The fourth-order valence-corrected chi connectivity index (χ4v) is 2.43. The Hall–Kier alpha value is -2.80. The lowest BCUT2D eigenvalue weighted by Gasteiger charge is -2.14. The molecule has 0 aliphatic rings. The van der Waals surface area contributed by atoms with Crippen molar-refractivity contribution in [3.63, 3.8) is 0 Å². The zero-order valence-electron chi connectivity index (χ0n) is 12.2. The van der Waals surface area contributed by atoms with Gasteiger partial charge in [-0.05, 0) is 31.2 Å². The molecule has 0 saturated heterocycles. The molecule has 0 bridgehead atoms. The molecule has 1 atom stereocenters. The molecule has 0 aliphatic carbocycles. The van der Waals surface area contributed by atoms with Crippen LogP contribution in [0.5, 0.6) is 5.75 Å². The topological polar surface area (TPSA) is 117 Å². The minimum absolute atomic E-state index is 0.0334. The van der Waals surface area contributed by atoms with Gasteiger partial charge in [0.25, 0.3) is 5.56 Å². The SMILES string of the molecule is C[C@H](Nc1ncc(O)c(N)n1)c1cc2cc(Cl)ccc2[nH]c1=O. The summed E-state index contributed by atoms with van der Waals surface area (Å²) in [7, 11) is 0. The molecule has 0 aliphatic heterocycles. The van der Waals surface area contributed by atoms with Gasteiger partial charge in [0.05, 0.1) is 12.2 Å². The zero-order valence-corrected chi connectivity index (χ0v) is 12.9. The third-order valence-electron chi connectivity index (χ3n) is 3.45. The Morgan fingerprint density at radius 1 is 1.39 bits per heavy atom. The third kappa shape index (κ3) is 3.04. The molecule has 0 unspecified atom stereocenters. The summed E-state index contributed by atoms with van der Waals surface area (Å²) in [6, 6.07) is 6.64. The first-order valence-electron chi connectivity index (χ1n) is 6.84. The van der Waals surface area contributed by atoms with Gasteiger partial charge in [-0.1, -0.05) is 11.6 Å². The van der Waals surface area contributed by atoms with Crippen LogP contribution >= 0.6 is 11.6 Å². The van der Waals surface area contributed by atoms with E-state index in [0.717, 1.165) is 5.39 Å². The third-order valence-corrected chi connectivity index (χ3v) is 3.68. The number of nitrogens with two attached hydrogens (primary N) is 1. The molecule has 0 saturated carbocycles. The van der Waals surface area contributed by atoms with Gasteiger partial charge in [-0.15, -0.1) is 0 Å². The van der Waals surface area contributed by atoms with Crippen LogP contribution in [0.25, 0.3) is 10.9 Å². The summed E-state index contributed by atoms with van der Waals surface area (Å²) in [6.07, 6.45) is 1.20. The second kappa shape index (κ2) is 5.77. The van der Waals surface area contributed by atoms with E-state index in [1.165, 1.54) is 6.20 Å². The first-order chi connectivity index (χ1) is 10.9. The maximum absolute atomic E-state index is 12.2. The number of nitrogens with zero attached hydrogens (tertiary/aromatic N) is 2. The molecular weight excluding hydrogens is 318 g/mol. The molecule has 1 aromatic carbocycles. The number of halogens is 1. The fraction of sp³-hybridized carbons (Fsp3) is 0.133. The summed E-state index contributed by atoms with van der Waals surface area (Å²) in [5, 5.41) is 13.7. The number of nitrogen functional groups attached to an aromatic ring is 1. The van der Waals surface area contributed by atoms with Crippen molar-refractivity contribution in [2.45, 2.75) is 13.0 Å². The maximum atomic E-state index is 12.2. The molecule has 0 amide bonds. The van der Waals surface area contributed by atoms with Gasteiger partial charge in [-0.25, -0.2) is 4.98 Å². The Labute approximate surface area is 136 Å². The Balaban J connectivity index is 1.96. The molecule has 0 fully saturated rings. The normalized spacial score (nSPS) is 12.3. The van der Waals surface area contributed by atoms with E-state index in [1.54, 1.807) is 31.2 Å². The van der Waals surface area contributed by atoms with Gasteiger partial charge in [0, 0.05) is 21.5 Å². The number of aromatic nitrogens is 3. The van der Waals surface area contributed by atoms with Gasteiger partial charge in [-0.3, -0.25) is 4.79 Å².